The number of aliphatic carboxylic acids is 1. The quantitative estimate of drug-likeness (QED) is 0.813. The lowest BCUT2D eigenvalue weighted by atomic mass is 10.5. The Kier molecular flexibility index (Phi) is 4.34. The van der Waals surface area contributed by atoms with Crippen molar-refractivity contribution in [2.75, 3.05) is 12.9 Å². The predicted octanol–water partition coefficient (Wildman–Crippen LogP) is 1.65. The summed E-state index contributed by atoms with van der Waals surface area (Å²) < 4.78 is 6.67. The highest BCUT2D eigenvalue weighted by Gasteiger charge is 2.13. The lowest BCUT2D eigenvalue weighted by Crippen LogP contribution is -2.02. The maximum absolute atomic E-state index is 10.6. The van der Waals surface area contributed by atoms with Crippen LogP contribution in [0.15, 0.2) is 22.7 Å². The summed E-state index contributed by atoms with van der Waals surface area (Å²) in [5, 5.41) is 16.4. The number of ether oxygens (including phenoxy) is 1. The molecule has 96 valence electrons. The van der Waals surface area contributed by atoms with Crippen LogP contribution in [0.3, 0.4) is 0 Å². The van der Waals surface area contributed by atoms with Gasteiger partial charge in [-0.05, 0) is 6.07 Å². The Hall–Kier alpha value is -1.38. The van der Waals surface area contributed by atoms with Gasteiger partial charge in [0.25, 0.3) is 0 Å². The molecule has 0 radical (unpaired) electrons. The van der Waals surface area contributed by atoms with Gasteiger partial charge in [0.1, 0.15) is 5.03 Å². The van der Waals surface area contributed by atoms with Gasteiger partial charge in [-0.15, -0.1) is 11.3 Å². The molecule has 0 aliphatic heterocycles. The summed E-state index contributed by atoms with van der Waals surface area (Å²) in [5.74, 6) is -0.871. The summed E-state index contributed by atoms with van der Waals surface area (Å²) >= 11 is 2.66. The fraction of sp³-hybridized carbons (Fsp3) is 0.300. The number of nitrogens with zero attached hydrogens (tertiary/aromatic N) is 3. The number of carboxylic acids is 1. The summed E-state index contributed by atoms with van der Waals surface area (Å²) in [7, 11) is 1.59. The first-order valence-corrected chi connectivity index (χ1v) is 6.89. The average Bonchev–Trinajstić information content (AvgIpc) is 2.94. The predicted molar refractivity (Wildman–Crippen MR) is 68.3 cm³/mol. The second kappa shape index (κ2) is 5.98. The number of thiazole rings is 1. The van der Waals surface area contributed by atoms with Gasteiger partial charge < -0.3 is 9.84 Å². The van der Waals surface area contributed by atoms with Crippen LogP contribution in [0.1, 0.15) is 5.69 Å². The topological polar surface area (TPSA) is 77.2 Å². The van der Waals surface area contributed by atoms with Crippen molar-refractivity contribution in [1.29, 1.82) is 0 Å². The highest BCUT2D eigenvalue weighted by atomic mass is 32.2. The summed E-state index contributed by atoms with van der Waals surface area (Å²) in [4.78, 5) is 14.8. The number of rotatable bonds is 6. The number of thioether (sulfide) groups is 1. The van der Waals surface area contributed by atoms with E-state index in [0.29, 0.717) is 11.7 Å². The van der Waals surface area contributed by atoms with Gasteiger partial charge >= 0.3 is 5.97 Å². The van der Waals surface area contributed by atoms with Crippen molar-refractivity contribution in [1.82, 2.24) is 14.8 Å². The minimum absolute atomic E-state index is 0.0104. The van der Waals surface area contributed by atoms with E-state index in [2.05, 4.69) is 10.1 Å². The molecule has 2 aromatic rings. The van der Waals surface area contributed by atoms with Gasteiger partial charge in [-0.2, -0.15) is 9.78 Å². The summed E-state index contributed by atoms with van der Waals surface area (Å²) in [5.41, 5.74) is 0.751. The molecule has 6 nitrogen and oxygen atoms in total. The number of carboxylic acid groups (broad SMARTS) is 1. The van der Waals surface area contributed by atoms with Crippen LogP contribution >= 0.6 is 23.1 Å². The second-order valence-corrected chi connectivity index (χ2v) is 5.18. The molecule has 0 unspecified atom stereocenters. The SMILES string of the molecule is COCc1cc(SCC(=O)O)n(-c2nccs2)n1. The van der Waals surface area contributed by atoms with Gasteiger partial charge in [0, 0.05) is 18.7 Å². The highest BCUT2D eigenvalue weighted by molar-refractivity contribution is 7.99. The third-order valence-electron chi connectivity index (χ3n) is 1.96. The minimum Gasteiger partial charge on any atom is -0.481 e. The van der Waals surface area contributed by atoms with E-state index >= 15 is 0 Å². The van der Waals surface area contributed by atoms with Crippen molar-refractivity contribution in [3.05, 3.63) is 23.3 Å². The van der Waals surface area contributed by atoms with Crippen molar-refractivity contribution in [2.24, 2.45) is 0 Å². The van der Waals surface area contributed by atoms with Gasteiger partial charge in [0.15, 0.2) is 0 Å². The molecule has 0 spiro atoms. The molecule has 0 aliphatic carbocycles. The Morgan fingerprint density at radius 3 is 3.11 bits per heavy atom. The molecule has 0 saturated heterocycles. The van der Waals surface area contributed by atoms with Crippen LogP contribution in [0.5, 0.6) is 0 Å². The van der Waals surface area contributed by atoms with E-state index in [0.717, 1.165) is 10.7 Å². The second-order valence-electron chi connectivity index (χ2n) is 3.32. The van der Waals surface area contributed by atoms with Crippen LogP contribution in [0.25, 0.3) is 5.13 Å². The molecule has 0 fully saturated rings. The zero-order valence-electron chi connectivity index (χ0n) is 9.57. The first-order valence-electron chi connectivity index (χ1n) is 5.03. The Labute approximate surface area is 112 Å². The monoisotopic (exact) mass is 285 g/mol. The number of carbonyl (C=O) groups is 1. The lowest BCUT2D eigenvalue weighted by Gasteiger charge is -2.01. The van der Waals surface area contributed by atoms with Crippen LogP contribution in [-0.4, -0.2) is 38.7 Å². The maximum Gasteiger partial charge on any atom is 0.313 e. The van der Waals surface area contributed by atoms with E-state index in [4.69, 9.17) is 9.84 Å². The number of methoxy groups -OCH3 is 1. The van der Waals surface area contributed by atoms with Crippen LogP contribution < -0.4 is 0 Å². The van der Waals surface area contributed by atoms with Gasteiger partial charge in [-0.25, -0.2) is 4.98 Å². The molecular formula is C10H11N3O3S2. The Balaban J connectivity index is 2.27. The Morgan fingerprint density at radius 1 is 1.67 bits per heavy atom. The first kappa shape index (κ1) is 13.1. The molecule has 0 aromatic carbocycles. The molecule has 0 saturated carbocycles. The van der Waals surface area contributed by atoms with Crippen LogP contribution in [-0.2, 0) is 16.1 Å². The molecular weight excluding hydrogens is 274 g/mol. The molecule has 18 heavy (non-hydrogen) atoms. The summed E-state index contributed by atoms with van der Waals surface area (Å²) in [6, 6.07) is 1.82. The normalized spacial score (nSPS) is 10.7. The minimum atomic E-state index is -0.861. The van der Waals surface area contributed by atoms with E-state index in [-0.39, 0.29) is 5.75 Å². The van der Waals surface area contributed by atoms with Crippen molar-refractivity contribution < 1.29 is 14.6 Å². The number of aromatic nitrogens is 3. The van der Waals surface area contributed by atoms with Crippen molar-refractivity contribution in [3.63, 3.8) is 0 Å². The zero-order chi connectivity index (χ0) is 13.0. The third-order valence-corrected chi connectivity index (χ3v) is 3.69. The van der Waals surface area contributed by atoms with Crippen LogP contribution in [0.2, 0.25) is 0 Å². The molecule has 2 heterocycles. The summed E-state index contributed by atoms with van der Waals surface area (Å²) in [6.07, 6.45) is 1.68. The lowest BCUT2D eigenvalue weighted by molar-refractivity contribution is -0.133. The fourth-order valence-corrected chi connectivity index (χ4v) is 2.73. The van der Waals surface area contributed by atoms with E-state index < -0.39 is 5.97 Å². The molecule has 1 N–H and O–H groups in total. The van der Waals surface area contributed by atoms with Gasteiger partial charge in [-0.1, -0.05) is 11.8 Å². The maximum atomic E-state index is 10.6. The fourth-order valence-electron chi connectivity index (χ4n) is 1.32. The van der Waals surface area contributed by atoms with E-state index in [1.165, 1.54) is 23.1 Å². The number of hydrogen-bond donors (Lipinski definition) is 1. The van der Waals surface area contributed by atoms with Crippen LogP contribution in [0.4, 0.5) is 0 Å². The van der Waals surface area contributed by atoms with Crippen molar-refractivity contribution in [3.8, 4) is 5.13 Å². The molecule has 0 aliphatic rings. The molecule has 2 rings (SSSR count). The first-order chi connectivity index (χ1) is 8.70. The van der Waals surface area contributed by atoms with E-state index in [1.54, 1.807) is 18.0 Å². The number of hydrogen-bond acceptors (Lipinski definition) is 6. The molecule has 0 amide bonds. The third kappa shape index (κ3) is 3.09. The van der Waals surface area contributed by atoms with Gasteiger partial charge in [0.2, 0.25) is 5.13 Å². The Morgan fingerprint density at radius 2 is 2.50 bits per heavy atom. The molecule has 0 bridgehead atoms. The smallest absolute Gasteiger partial charge is 0.313 e. The molecule has 2 aromatic heterocycles. The van der Waals surface area contributed by atoms with E-state index in [1.807, 2.05) is 11.4 Å². The zero-order valence-corrected chi connectivity index (χ0v) is 11.2. The highest BCUT2D eigenvalue weighted by Crippen LogP contribution is 2.24. The van der Waals surface area contributed by atoms with Crippen molar-refractivity contribution >= 4 is 29.1 Å². The standard InChI is InChI=1S/C10H11N3O3S2/c1-16-5-7-4-8(18-6-9(14)15)13(12-7)10-11-2-3-17-10/h2-4H,5-6H2,1H3,(H,14,15). The molecule has 0 atom stereocenters. The van der Waals surface area contributed by atoms with Gasteiger partial charge in [0.05, 0.1) is 18.1 Å². The molecule has 8 heteroatoms. The van der Waals surface area contributed by atoms with Gasteiger partial charge in [-0.3, -0.25) is 4.79 Å². The van der Waals surface area contributed by atoms with E-state index in [9.17, 15) is 4.79 Å². The largest absolute Gasteiger partial charge is 0.481 e. The average molecular weight is 285 g/mol. The summed E-state index contributed by atoms with van der Waals surface area (Å²) in [6.45, 7) is 0.388. The van der Waals surface area contributed by atoms with Crippen molar-refractivity contribution in [2.45, 2.75) is 11.6 Å². The van der Waals surface area contributed by atoms with Crippen LogP contribution in [0, 0.1) is 0 Å². The Bertz CT molecular complexity index is 524.